The first-order valence-corrected chi connectivity index (χ1v) is 12.8. The monoisotopic (exact) mass is 511 g/mol. The van der Waals surface area contributed by atoms with Crippen molar-refractivity contribution in [2.75, 3.05) is 29.5 Å². The zero-order valence-electron chi connectivity index (χ0n) is 22.4. The van der Waals surface area contributed by atoms with Crippen LogP contribution >= 0.6 is 0 Å². The molecule has 1 unspecified atom stereocenters. The van der Waals surface area contributed by atoms with Gasteiger partial charge in [0.1, 0.15) is 17.2 Å². The first kappa shape index (κ1) is 28.1. The Morgan fingerprint density at radius 2 is 2.08 bits per heavy atom. The van der Waals surface area contributed by atoms with Crippen LogP contribution in [0.4, 0.5) is 26.4 Å². The van der Waals surface area contributed by atoms with Gasteiger partial charge in [-0.3, -0.25) is 14.7 Å². The maximum absolute atomic E-state index is 14.3. The fourth-order valence-corrected chi connectivity index (χ4v) is 4.73. The molecule has 1 aliphatic heterocycles. The number of pyridine rings is 1. The lowest BCUT2D eigenvalue weighted by Gasteiger charge is -2.22. The fourth-order valence-electron chi connectivity index (χ4n) is 4.73. The van der Waals surface area contributed by atoms with Crippen molar-refractivity contribution < 1.29 is 18.7 Å². The van der Waals surface area contributed by atoms with Crippen molar-refractivity contribution in [2.24, 2.45) is 4.99 Å². The summed E-state index contributed by atoms with van der Waals surface area (Å²) in [6, 6.07) is 4.43. The third-order valence-corrected chi connectivity index (χ3v) is 6.27. The van der Waals surface area contributed by atoms with Crippen molar-refractivity contribution in [3.63, 3.8) is 0 Å². The van der Waals surface area contributed by atoms with E-state index in [-0.39, 0.29) is 23.6 Å². The maximum Gasteiger partial charge on any atom is 0.327 e. The van der Waals surface area contributed by atoms with Crippen LogP contribution in [-0.4, -0.2) is 42.4 Å². The number of hydrogen-bond donors (Lipinski definition) is 2. The lowest BCUT2D eigenvalue weighted by atomic mass is 9.87. The van der Waals surface area contributed by atoms with Crippen LogP contribution < -0.4 is 16.0 Å². The summed E-state index contributed by atoms with van der Waals surface area (Å²) in [6.07, 6.45) is 7.80. The van der Waals surface area contributed by atoms with Gasteiger partial charge < -0.3 is 15.8 Å². The Bertz CT molecular complexity index is 1160. The standard InChI is InChI=1S/C28H38FN5O3/c1-6-8-18(9-7-10-24(35)37-28(2,3)4)21-11-13-32-26-22(21)12-14-34(26)27(36)33-20-15-19(17-31-5)25(30)23(29)16-20/h11,13,15-18H,6-10,12,14,30H2,1-5H3,(H,33,36). The van der Waals surface area contributed by atoms with E-state index in [1.807, 2.05) is 26.8 Å². The van der Waals surface area contributed by atoms with Gasteiger partial charge in [0.05, 0.1) is 5.69 Å². The van der Waals surface area contributed by atoms with Gasteiger partial charge in [0.15, 0.2) is 0 Å². The van der Waals surface area contributed by atoms with E-state index >= 15 is 0 Å². The van der Waals surface area contributed by atoms with Crippen LogP contribution in [0.25, 0.3) is 0 Å². The predicted molar refractivity (Wildman–Crippen MR) is 146 cm³/mol. The lowest BCUT2D eigenvalue weighted by Crippen LogP contribution is -2.34. The number of hydrogen-bond acceptors (Lipinski definition) is 6. The van der Waals surface area contributed by atoms with E-state index in [9.17, 15) is 14.0 Å². The highest BCUT2D eigenvalue weighted by atomic mass is 19.1. The molecule has 8 nitrogen and oxygen atoms in total. The molecular weight excluding hydrogens is 473 g/mol. The molecule has 1 aliphatic rings. The summed E-state index contributed by atoms with van der Waals surface area (Å²) < 4.78 is 19.7. The number of nitrogens with one attached hydrogen (secondary N) is 1. The molecule has 37 heavy (non-hydrogen) atoms. The molecule has 2 heterocycles. The second kappa shape index (κ2) is 12.2. The van der Waals surface area contributed by atoms with Gasteiger partial charge >= 0.3 is 12.0 Å². The van der Waals surface area contributed by atoms with E-state index in [1.165, 1.54) is 17.8 Å². The maximum atomic E-state index is 14.3. The minimum atomic E-state index is -0.622. The first-order valence-electron chi connectivity index (χ1n) is 12.8. The van der Waals surface area contributed by atoms with Crippen molar-refractivity contribution in [3.05, 3.63) is 46.9 Å². The van der Waals surface area contributed by atoms with Crippen molar-refractivity contribution in [3.8, 4) is 0 Å². The van der Waals surface area contributed by atoms with E-state index in [0.717, 1.165) is 31.2 Å². The van der Waals surface area contributed by atoms with Gasteiger partial charge in [-0.1, -0.05) is 13.3 Å². The molecule has 0 radical (unpaired) electrons. The molecule has 0 bridgehead atoms. The summed E-state index contributed by atoms with van der Waals surface area (Å²) in [5, 5.41) is 2.77. The Hall–Kier alpha value is -3.49. The number of carbonyl (C=O) groups excluding carboxylic acids is 2. The van der Waals surface area contributed by atoms with E-state index in [0.29, 0.717) is 36.5 Å². The largest absolute Gasteiger partial charge is 0.460 e. The number of aromatic nitrogens is 1. The van der Waals surface area contributed by atoms with Crippen molar-refractivity contribution >= 4 is 35.4 Å². The molecule has 0 spiro atoms. The first-order chi connectivity index (χ1) is 17.5. The Morgan fingerprint density at radius 3 is 2.76 bits per heavy atom. The molecule has 1 aromatic carbocycles. The number of nitrogens with zero attached hydrogens (tertiary/aromatic N) is 3. The van der Waals surface area contributed by atoms with Gasteiger partial charge in [0.25, 0.3) is 0 Å². The number of halogens is 1. The second-order valence-corrected chi connectivity index (χ2v) is 10.3. The number of esters is 1. The minimum Gasteiger partial charge on any atom is -0.460 e. The molecule has 0 saturated heterocycles. The lowest BCUT2D eigenvalue weighted by molar-refractivity contribution is -0.154. The van der Waals surface area contributed by atoms with Crippen molar-refractivity contribution in [1.82, 2.24) is 4.98 Å². The Labute approximate surface area is 218 Å². The van der Waals surface area contributed by atoms with E-state index in [4.69, 9.17) is 10.5 Å². The molecule has 0 fully saturated rings. The quantitative estimate of drug-likeness (QED) is 0.250. The third kappa shape index (κ3) is 7.27. The highest BCUT2D eigenvalue weighted by Gasteiger charge is 2.30. The summed E-state index contributed by atoms with van der Waals surface area (Å²) in [6.45, 7) is 8.23. The van der Waals surface area contributed by atoms with Crippen LogP contribution in [-0.2, 0) is 16.0 Å². The second-order valence-electron chi connectivity index (χ2n) is 10.3. The van der Waals surface area contributed by atoms with Crippen LogP contribution in [0, 0.1) is 5.82 Å². The van der Waals surface area contributed by atoms with Gasteiger partial charge in [0.2, 0.25) is 0 Å². The fraction of sp³-hybridized carbons (Fsp3) is 0.500. The molecule has 0 aliphatic carbocycles. The normalized spacial score (nSPS) is 14.1. The molecular formula is C28H38FN5O3. The van der Waals surface area contributed by atoms with Crippen molar-refractivity contribution in [2.45, 2.75) is 77.7 Å². The number of anilines is 3. The van der Waals surface area contributed by atoms with Crippen LogP contribution in [0.5, 0.6) is 0 Å². The number of fused-ring (bicyclic) bond motifs is 1. The molecule has 9 heteroatoms. The molecule has 1 atom stereocenters. The van der Waals surface area contributed by atoms with Gasteiger partial charge in [-0.05, 0) is 76.1 Å². The molecule has 2 amide bonds. The topological polar surface area (TPSA) is 110 Å². The van der Waals surface area contributed by atoms with E-state index in [2.05, 4.69) is 22.2 Å². The minimum absolute atomic E-state index is 0.0185. The molecule has 2 aromatic rings. The van der Waals surface area contributed by atoms with E-state index < -0.39 is 11.4 Å². The van der Waals surface area contributed by atoms with Gasteiger partial charge in [-0.2, -0.15) is 0 Å². The highest BCUT2D eigenvalue weighted by molar-refractivity contribution is 6.03. The number of aliphatic imine (C=N–C) groups is 1. The number of benzene rings is 1. The number of nitrogen functional groups attached to an aromatic ring is 1. The molecule has 1 aromatic heterocycles. The molecule has 3 rings (SSSR count). The summed E-state index contributed by atoms with van der Waals surface area (Å²) in [7, 11) is 1.57. The molecule has 3 N–H and O–H groups in total. The summed E-state index contributed by atoms with van der Waals surface area (Å²) in [5.41, 5.74) is 8.19. The summed E-state index contributed by atoms with van der Waals surface area (Å²) in [4.78, 5) is 35.3. The summed E-state index contributed by atoms with van der Waals surface area (Å²) in [5.74, 6) is 0.0746. The van der Waals surface area contributed by atoms with Gasteiger partial charge in [0, 0.05) is 49.2 Å². The number of carbonyl (C=O) groups is 2. The Kier molecular flexibility index (Phi) is 9.23. The molecule has 200 valence electrons. The Balaban J connectivity index is 1.75. The zero-order chi connectivity index (χ0) is 27.2. The average molecular weight is 512 g/mol. The van der Waals surface area contributed by atoms with Crippen LogP contribution in [0.1, 0.15) is 82.4 Å². The van der Waals surface area contributed by atoms with Gasteiger partial charge in [-0.25, -0.2) is 14.2 Å². The van der Waals surface area contributed by atoms with Crippen LogP contribution in [0.2, 0.25) is 0 Å². The van der Waals surface area contributed by atoms with E-state index in [1.54, 1.807) is 24.2 Å². The highest BCUT2D eigenvalue weighted by Crippen LogP contribution is 2.37. The van der Waals surface area contributed by atoms with Gasteiger partial charge in [-0.15, -0.1) is 0 Å². The number of urea groups is 1. The van der Waals surface area contributed by atoms with Crippen LogP contribution in [0.15, 0.2) is 29.4 Å². The Morgan fingerprint density at radius 1 is 1.32 bits per heavy atom. The SMILES string of the molecule is CCCC(CCCC(=O)OC(C)(C)C)c1ccnc2c1CCN2C(=O)Nc1cc(F)c(N)c(C=NC)c1. The molecule has 0 saturated carbocycles. The zero-order valence-corrected chi connectivity index (χ0v) is 22.4. The number of amides is 2. The number of nitrogens with two attached hydrogens (primary N) is 1. The summed E-state index contributed by atoms with van der Waals surface area (Å²) >= 11 is 0. The number of ether oxygens (including phenoxy) is 1. The predicted octanol–water partition coefficient (Wildman–Crippen LogP) is 5.84. The third-order valence-electron chi connectivity index (χ3n) is 6.27. The van der Waals surface area contributed by atoms with Crippen LogP contribution in [0.3, 0.4) is 0 Å². The average Bonchev–Trinajstić information content (AvgIpc) is 3.25. The smallest absolute Gasteiger partial charge is 0.327 e. The van der Waals surface area contributed by atoms with Crippen molar-refractivity contribution in [1.29, 1.82) is 0 Å². The number of rotatable bonds is 9.